The summed E-state index contributed by atoms with van der Waals surface area (Å²) >= 11 is 0. The normalized spacial score (nSPS) is 14.8. The number of hydrogen-bond donors (Lipinski definition) is 0. The van der Waals surface area contributed by atoms with E-state index in [1.165, 1.54) is 12.8 Å². The first-order valence-electron chi connectivity index (χ1n) is 7.30. The summed E-state index contributed by atoms with van der Waals surface area (Å²) in [5.74, 6) is 1.51. The lowest BCUT2D eigenvalue weighted by molar-refractivity contribution is 0.0748. The Morgan fingerprint density at radius 1 is 0.588 bits per heavy atom. The van der Waals surface area contributed by atoms with Crippen LogP contribution in [0.25, 0.3) is 0 Å². The van der Waals surface area contributed by atoms with E-state index in [0.29, 0.717) is 16.2 Å². The molecule has 0 heteroatoms. The van der Waals surface area contributed by atoms with Gasteiger partial charge in [0, 0.05) is 0 Å². The summed E-state index contributed by atoms with van der Waals surface area (Å²) in [6, 6.07) is 0. The summed E-state index contributed by atoms with van der Waals surface area (Å²) in [4.78, 5) is 0. The van der Waals surface area contributed by atoms with Crippen molar-refractivity contribution in [2.75, 3.05) is 0 Å². The van der Waals surface area contributed by atoms with Gasteiger partial charge in [-0.15, -0.1) is 0 Å². The maximum atomic E-state index is 2.45. The smallest absolute Gasteiger partial charge is 0.0326 e. The fourth-order valence-electron chi connectivity index (χ4n) is 2.94. The summed E-state index contributed by atoms with van der Waals surface area (Å²) in [7, 11) is 0. The predicted molar refractivity (Wildman–Crippen MR) is 80.3 cm³/mol. The van der Waals surface area contributed by atoms with Crippen molar-refractivity contribution in [1.82, 2.24) is 0 Å². The lowest BCUT2D eigenvalue weighted by Gasteiger charge is -2.43. The largest absolute Gasteiger partial charge is 0.0623 e. The van der Waals surface area contributed by atoms with Gasteiger partial charge in [0.1, 0.15) is 0 Å². The van der Waals surface area contributed by atoms with Gasteiger partial charge in [-0.25, -0.2) is 0 Å². The molecule has 0 saturated carbocycles. The molecule has 0 rings (SSSR count). The Morgan fingerprint density at radius 2 is 0.824 bits per heavy atom. The molecule has 0 atom stereocenters. The zero-order valence-electron chi connectivity index (χ0n) is 14.1. The van der Waals surface area contributed by atoms with Crippen molar-refractivity contribution in [2.24, 2.45) is 28.1 Å². The molecule has 0 fully saturated rings. The van der Waals surface area contributed by atoms with Crippen LogP contribution in [0.2, 0.25) is 0 Å². The lowest BCUT2D eigenvalue weighted by atomic mass is 9.62. The molecule has 0 bridgehead atoms. The van der Waals surface area contributed by atoms with E-state index in [0.717, 1.165) is 11.8 Å². The van der Waals surface area contributed by atoms with Crippen molar-refractivity contribution in [3.63, 3.8) is 0 Å². The van der Waals surface area contributed by atoms with Crippen LogP contribution in [0, 0.1) is 28.1 Å². The van der Waals surface area contributed by atoms with Crippen LogP contribution in [-0.4, -0.2) is 0 Å². The van der Waals surface area contributed by atoms with E-state index in [1.807, 2.05) is 0 Å². The van der Waals surface area contributed by atoms with Crippen molar-refractivity contribution in [3.8, 4) is 0 Å². The Morgan fingerprint density at radius 3 is 1.00 bits per heavy atom. The first-order valence-corrected chi connectivity index (χ1v) is 7.30. The van der Waals surface area contributed by atoms with Crippen LogP contribution in [-0.2, 0) is 0 Å². The second kappa shape index (κ2) is 5.33. The van der Waals surface area contributed by atoms with Gasteiger partial charge in [0.05, 0.1) is 0 Å². The summed E-state index contributed by atoms with van der Waals surface area (Å²) < 4.78 is 0. The maximum Gasteiger partial charge on any atom is -0.0326 e. The quantitative estimate of drug-likeness (QED) is 0.522. The highest BCUT2D eigenvalue weighted by Crippen LogP contribution is 2.46. The minimum absolute atomic E-state index is 0.432. The van der Waals surface area contributed by atoms with E-state index in [-0.39, 0.29) is 0 Å². The van der Waals surface area contributed by atoms with Crippen molar-refractivity contribution >= 4 is 0 Å². The second-order valence-corrected chi connectivity index (χ2v) is 8.80. The third-order valence-corrected chi connectivity index (χ3v) is 4.99. The van der Waals surface area contributed by atoms with Gasteiger partial charge in [0.2, 0.25) is 0 Å². The van der Waals surface area contributed by atoms with Gasteiger partial charge in [-0.1, -0.05) is 69.2 Å². The van der Waals surface area contributed by atoms with E-state index in [1.54, 1.807) is 0 Å². The molecule has 0 amide bonds. The fraction of sp³-hybridized carbons (Fsp3) is 1.00. The first-order chi connectivity index (χ1) is 7.30. The fourth-order valence-corrected chi connectivity index (χ4v) is 2.94. The minimum Gasteiger partial charge on any atom is -0.0623 e. The van der Waals surface area contributed by atoms with Gasteiger partial charge >= 0.3 is 0 Å². The third kappa shape index (κ3) is 5.44. The standard InChI is InChI=1S/C17H36/c1-13(2)16(7,8)11-15(5,6)12-17(9,10)14(3)4/h13-14H,11-12H2,1-10H3. The lowest BCUT2D eigenvalue weighted by Crippen LogP contribution is -2.33. The highest BCUT2D eigenvalue weighted by Gasteiger charge is 2.36. The molecule has 0 radical (unpaired) electrons. The van der Waals surface area contributed by atoms with Crippen molar-refractivity contribution < 1.29 is 0 Å². The third-order valence-electron chi connectivity index (χ3n) is 4.99. The van der Waals surface area contributed by atoms with Crippen LogP contribution in [0.15, 0.2) is 0 Å². The molecule has 0 unspecified atom stereocenters. The number of hydrogen-bond acceptors (Lipinski definition) is 0. The molecule has 0 aromatic rings. The molecule has 0 saturated heterocycles. The molecule has 0 spiro atoms. The average molecular weight is 240 g/mol. The Balaban J connectivity index is 4.71. The van der Waals surface area contributed by atoms with E-state index in [2.05, 4.69) is 69.2 Å². The molecule has 0 aliphatic carbocycles. The van der Waals surface area contributed by atoms with Gasteiger partial charge in [-0.05, 0) is 40.9 Å². The summed E-state index contributed by atoms with van der Waals surface area (Å²) in [6.45, 7) is 24.0. The monoisotopic (exact) mass is 240 g/mol. The first kappa shape index (κ1) is 17.0. The molecule has 0 aromatic carbocycles. The molecule has 0 aliphatic rings. The van der Waals surface area contributed by atoms with E-state index in [9.17, 15) is 0 Å². The van der Waals surface area contributed by atoms with Crippen molar-refractivity contribution in [3.05, 3.63) is 0 Å². The van der Waals surface area contributed by atoms with Crippen LogP contribution >= 0.6 is 0 Å². The van der Waals surface area contributed by atoms with E-state index in [4.69, 9.17) is 0 Å². The molecule has 0 nitrogen and oxygen atoms in total. The van der Waals surface area contributed by atoms with Crippen molar-refractivity contribution in [2.45, 2.75) is 82.1 Å². The van der Waals surface area contributed by atoms with Gasteiger partial charge in [0.25, 0.3) is 0 Å². The van der Waals surface area contributed by atoms with Crippen LogP contribution in [0.4, 0.5) is 0 Å². The number of rotatable bonds is 6. The Labute approximate surface area is 111 Å². The van der Waals surface area contributed by atoms with Gasteiger partial charge < -0.3 is 0 Å². The molecule has 17 heavy (non-hydrogen) atoms. The Hall–Kier alpha value is 0. The molecular weight excluding hydrogens is 204 g/mol. The highest BCUT2D eigenvalue weighted by molar-refractivity contribution is 4.86. The predicted octanol–water partition coefficient (Wildman–Crippen LogP) is 6.16. The highest BCUT2D eigenvalue weighted by atomic mass is 14.4. The molecular formula is C17H36. The topological polar surface area (TPSA) is 0 Å². The molecule has 0 N–H and O–H groups in total. The average Bonchev–Trinajstić information content (AvgIpc) is 1.98. The zero-order valence-corrected chi connectivity index (χ0v) is 14.1. The molecule has 104 valence electrons. The summed E-state index contributed by atoms with van der Waals surface area (Å²) in [5.41, 5.74) is 1.31. The SMILES string of the molecule is CC(C)C(C)(C)CC(C)(C)CC(C)(C)C(C)C. The maximum absolute atomic E-state index is 2.45. The van der Waals surface area contributed by atoms with E-state index < -0.39 is 0 Å². The van der Waals surface area contributed by atoms with Crippen LogP contribution in [0.3, 0.4) is 0 Å². The van der Waals surface area contributed by atoms with Gasteiger partial charge in [-0.2, -0.15) is 0 Å². The molecule has 0 heterocycles. The molecule has 0 aliphatic heterocycles. The second-order valence-electron chi connectivity index (χ2n) is 8.80. The summed E-state index contributed by atoms with van der Waals surface area (Å²) in [6.07, 6.45) is 2.63. The Kier molecular flexibility index (Phi) is 5.33. The van der Waals surface area contributed by atoms with E-state index >= 15 is 0 Å². The van der Waals surface area contributed by atoms with Gasteiger partial charge in [-0.3, -0.25) is 0 Å². The van der Waals surface area contributed by atoms with Crippen LogP contribution in [0.5, 0.6) is 0 Å². The van der Waals surface area contributed by atoms with Crippen LogP contribution < -0.4 is 0 Å². The minimum atomic E-state index is 0.432. The van der Waals surface area contributed by atoms with Gasteiger partial charge in [0.15, 0.2) is 0 Å². The Bertz CT molecular complexity index is 204. The van der Waals surface area contributed by atoms with Crippen molar-refractivity contribution in [1.29, 1.82) is 0 Å². The zero-order chi connectivity index (χ0) is 14.1. The summed E-state index contributed by atoms with van der Waals surface area (Å²) in [5, 5.41) is 0. The molecule has 0 aromatic heterocycles. The van der Waals surface area contributed by atoms with Crippen LogP contribution in [0.1, 0.15) is 82.1 Å².